The van der Waals surface area contributed by atoms with Crippen LogP contribution >= 0.6 is 0 Å². The van der Waals surface area contributed by atoms with Crippen LogP contribution < -0.4 is 5.11 Å². The molecule has 0 N–H and O–H groups in total. The van der Waals surface area contributed by atoms with Gasteiger partial charge >= 0.3 is 0 Å². The summed E-state index contributed by atoms with van der Waals surface area (Å²) in [6.07, 6.45) is 6.85. The van der Waals surface area contributed by atoms with Gasteiger partial charge in [-0.25, -0.2) is 9.97 Å². The zero-order valence-electron chi connectivity index (χ0n) is 15.9. The van der Waals surface area contributed by atoms with Crippen LogP contribution in [0, 0.1) is 0 Å². The van der Waals surface area contributed by atoms with Crippen LogP contribution in [0.5, 0.6) is 0 Å². The average Bonchev–Trinajstić information content (AvgIpc) is 3.23. The molecule has 0 saturated carbocycles. The van der Waals surface area contributed by atoms with Crippen molar-refractivity contribution in [2.24, 2.45) is 0 Å². The third-order valence-corrected chi connectivity index (χ3v) is 5.94. The number of hydrogen-bond donors (Lipinski definition) is 0. The van der Waals surface area contributed by atoms with Crippen LogP contribution in [0.2, 0.25) is 25.7 Å². The minimum Gasteiger partial charge on any atom is -0.550 e. The summed E-state index contributed by atoms with van der Waals surface area (Å²) in [5, 5.41) is 15.7. The lowest BCUT2D eigenvalue weighted by molar-refractivity contribution is -0.306. The zero-order chi connectivity index (χ0) is 19.4. The molecule has 0 atom stereocenters. The molecule has 0 aliphatic carbocycles. The summed E-state index contributed by atoms with van der Waals surface area (Å²) in [5.41, 5.74) is 2.38. The first-order chi connectivity index (χ1) is 12.8. The highest BCUT2D eigenvalue weighted by Gasteiger charge is 2.14. The Morgan fingerprint density at radius 3 is 2.85 bits per heavy atom. The van der Waals surface area contributed by atoms with Crippen LogP contribution in [-0.4, -0.2) is 45.0 Å². The molecule has 0 aromatic carbocycles. The Morgan fingerprint density at radius 1 is 1.30 bits per heavy atom. The second kappa shape index (κ2) is 8.01. The number of aryl methyl sites for hydroxylation is 1. The van der Waals surface area contributed by atoms with Gasteiger partial charge in [0.05, 0.1) is 11.9 Å². The van der Waals surface area contributed by atoms with Crippen LogP contribution in [0.1, 0.15) is 6.42 Å². The second-order valence-corrected chi connectivity index (χ2v) is 13.3. The lowest BCUT2D eigenvalue weighted by atomic mass is 10.2. The van der Waals surface area contributed by atoms with E-state index < -0.39 is 14.0 Å². The van der Waals surface area contributed by atoms with Crippen LogP contribution in [-0.2, 0) is 22.8 Å². The number of rotatable bonds is 9. The Morgan fingerprint density at radius 2 is 2.11 bits per heavy atom. The molecule has 27 heavy (non-hydrogen) atoms. The first-order valence-electron chi connectivity index (χ1n) is 8.94. The number of aliphatic carboxylic acids is 1. The zero-order valence-corrected chi connectivity index (χ0v) is 16.9. The average molecular weight is 387 g/mol. The summed E-state index contributed by atoms with van der Waals surface area (Å²) in [6.45, 7) is 8.45. The molecule has 3 rings (SSSR count). The third-order valence-electron chi connectivity index (χ3n) is 4.23. The van der Waals surface area contributed by atoms with Crippen molar-refractivity contribution in [1.29, 1.82) is 0 Å². The summed E-state index contributed by atoms with van der Waals surface area (Å²) >= 11 is 0. The molecule has 0 amide bonds. The molecule has 3 heterocycles. The van der Waals surface area contributed by atoms with Gasteiger partial charge in [-0.3, -0.25) is 4.68 Å². The maximum atomic E-state index is 10.6. The van der Waals surface area contributed by atoms with Crippen LogP contribution in [0.25, 0.3) is 22.3 Å². The van der Waals surface area contributed by atoms with E-state index in [1.165, 1.54) is 6.33 Å². The summed E-state index contributed by atoms with van der Waals surface area (Å²) in [5.74, 6) is -1.09. The third kappa shape index (κ3) is 5.01. The van der Waals surface area contributed by atoms with Gasteiger partial charge in [-0.2, -0.15) is 5.10 Å². The Bertz CT molecular complexity index is 929. The first-order valence-corrected chi connectivity index (χ1v) is 12.6. The minimum absolute atomic E-state index is 0.0779. The van der Waals surface area contributed by atoms with Crippen molar-refractivity contribution in [2.75, 3.05) is 6.61 Å². The molecule has 0 bridgehead atoms. The molecule has 0 saturated heterocycles. The maximum absolute atomic E-state index is 10.6. The van der Waals surface area contributed by atoms with E-state index in [9.17, 15) is 9.90 Å². The van der Waals surface area contributed by atoms with E-state index >= 15 is 0 Å². The van der Waals surface area contributed by atoms with Gasteiger partial charge in [-0.15, -0.1) is 0 Å². The molecule has 0 radical (unpaired) electrons. The number of carboxylic acids is 1. The second-order valence-electron chi connectivity index (χ2n) is 7.71. The number of ether oxygens (including phenoxy) is 1. The fourth-order valence-electron chi connectivity index (χ4n) is 2.69. The first kappa shape index (κ1) is 19.2. The Labute approximate surface area is 158 Å². The van der Waals surface area contributed by atoms with Crippen LogP contribution in [0.15, 0.2) is 31.0 Å². The largest absolute Gasteiger partial charge is 0.550 e. The fraction of sp³-hybridized carbons (Fsp3) is 0.444. The number of carboxylic acid groups (broad SMARTS) is 1. The van der Waals surface area contributed by atoms with Gasteiger partial charge < -0.3 is 19.2 Å². The minimum atomic E-state index is -1.11. The molecule has 8 nitrogen and oxygen atoms in total. The van der Waals surface area contributed by atoms with Crippen LogP contribution in [0.4, 0.5) is 0 Å². The van der Waals surface area contributed by atoms with Crippen molar-refractivity contribution in [2.45, 2.75) is 45.4 Å². The number of nitrogens with zero attached hydrogens (tertiary/aromatic N) is 5. The fourth-order valence-corrected chi connectivity index (χ4v) is 3.45. The summed E-state index contributed by atoms with van der Waals surface area (Å²) in [6, 6.07) is 3.09. The van der Waals surface area contributed by atoms with Crippen LogP contribution in [0.3, 0.4) is 0 Å². The monoisotopic (exact) mass is 386 g/mol. The van der Waals surface area contributed by atoms with E-state index in [0.717, 1.165) is 34.9 Å². The molecule has 0 aliphatic rings. The highest BCUT2D eigenvalue weighted by atomic mass is 28.3. The predicted octanol–water partition coefficient (Wildman–Crippen LogP) is 1.75. The van der Waals surface area contributed by atoms with Gasteiger partial charge in [-0.1, -0.05) is 19.6 Å². The Kier molecular flexibility index (Phi) is 5.71. The van der Waals surface area contributed by atoms with Gasteiger partial charge in [0.25, 0.3) is 0 Å². The topological polar surface area (TPSA) is 97.9 Å². The van der Waals surface area contributed by atoms with Gasteiger partial charge in [0.2, 0.25) is 0 Å². The highest BCUT2D eigenvalue weighted by Crippen LogP contribution is 2.25. The van der Waals surface area contributed by atoms with E-state index in [1.807, 2.05) is 16.8 Å². The lowest BCUT2D eigenvalue weighted by Crippen LogP contribution is -2.23. The molecule has 0 fully saturated rings. The lowest BCUT2D eigenvalue weighted by Gasteiger charge is -2.15. The quantitative estimate of drug-likeness (QED) is 0.410. The molecule has 9 heteroatoms. The molecule has 0 unspecified atom stereocenters. The maximum Gasteiger partial charge on any atom is 0.145 e. The van der Waals surface area contributed by atoms with E-state index in [1.54, 1.807) is 17.1 Å². The van der Waals surface area contributed by atoms with Crippen molar-refractivity contribution >= 4 is 25.1 Å². The van der Waals surface area contributed by atoms with Gasteiger partial charge in [0.1, 0.15) is 18.7 Å². The normalized spacial score (nSPS) is 12.0. The summed E-state index contributed by atoms with van der Waals surface area (Å²) in [4.78, 5) is 19.4. The Hall–Kier alpha value is -2.52. The smallest absolute Gasteiger partial charge is 0.145 e. The van der Waals surface area contributed by atoms with Crippen molar-refractivity contribution in [1.82, 2.24) is 24.3 Å². The molecule has 3 aromatic rings. The standard InChI is InChI=1S/C18H25N5O3Si/c1-27(2,3)9-8-26-13-22-6-4-15-17(19-12-20-18(15)22)14-10-21-23(11-14)7-5-16(24)25/h4,6,10-12H,5,7-9,13H2,1-3H3,(H,24,25)/p-1. The molecule has 3 aromatic heterocycles. The van der Waals surface area contributed by atoms with Gasteiger partial charge in [0, 0.05) is 57.0 Å². The summed E-state index contributed by atoms with van der Waals surface area (Å²) in [7, 11) is -1.11. The number of carbonyl (C=O) groups is 1. The number of carbonyl (C=O) groups excluding carboxylic acids is 1. The predicted molar refractivity (Wildman–Crippen MR) is 102 cm³/mol. The Balaban J connectivity index is 1.74. The molecule has 144 valence electrons. The SMILES string of the molecule is C[Si](C)(C)CCOCn1ccc2c(-c3cnn(CCC(=O)[O-])c3)ncnc21. The van der Waals surface area contributed by atoms with E-state index in [-0.39, 0.29) is 13.0 Å². The van der Waals surface area contributed by atoms with Crippen molar-refractivity contribution in [3.63, 3.8) is 0 Å². The number of aromatic nitrogens is 5. The van der Waals surface area contributed by atoms with Crippen molar-refractivity contribution in [3.8, 4) is 11.3 Å². The molecular formula is C18H24N5O3Si-. The van der Waals surface area contributed by atoms with E-state index in [2.05, 4.69) is 34.7 Å². The van der Waals surface area contributed by atoms with Crippen molar-refractivity contribution < 1.29 is 14.6 Å². The number of hydrogen-bond acceptors (Lipinski definition) is 6. The number of fused-ring (bicyclic) bond motifs is 1. The van der Waals surface area contributed by atoms with Gasteiger partial charge in [-0.05, 0) is 12.1 Å². The molecule has 0 aliphatic heterocycles. The highest BCUT2D eigenvalue weighted by molar-refractivity contribution is 6.76. The van der Waals surface area contributed by atoms with E-state index in [4.69, 9.17) is 4.74 Å². The molecular weight excluding hydrogens is 362 g/mol. The summed E-state index contributed by atoms with van der Waals surface area (Å²) < 4.78 is 9.37. The van der Waals surface area contributed by atoms with Crippen molar-refractivity contribution in [3.05, 3.63) is 31.0 Å². The van der Waals surface area contributed by atoms with Gasteiger partial charge in [0.15, 0.2) is 0 Å². The molecule has 0 spiro atoms. The van der Waals surface area contributed by atoms with E-state index in [0.29, 0.717) is 6.73 Å².